The molecule has 2 rings (SSSR count). The van der Waals surface area contributed by atoms with Gasteiger partial charge in [0, 0.05) is 19.1 Å². The zero-order chi connectivity index (χ0) is 14.9. The molecular weight excluding hydrogens is 295 g/mol. The highest BCUT2D eigenvalue weighted by Crippen LogP contribution is 2.28. The summed E-state index contributed by atoms with van der Waals surface area (Å²) in [4.78, 5) is 14.3. The Morgan fingerprint density at radius 1 is 1.40 bits per heavy atom. The van der Waals surface area contributed by atoms with E-state index in [1.54, 1.807) is 12.1 Å². The fraction of sp³-hybridized carbons (Fsp3) is 0.533. The lowest BCUT2D eigenvalue weighted by Crippen LogP contribution is -2.54. The number of halogens is 2. The Balaban J connectivity index is 2.03. The quantitative estimate of drug-likeness (QED) is 0.911. The Hall–Kier alpha value is -0.770. The van der Waals surface area contributed by atoms with Crippen LogP contribution in [0.5, 0.6) is 0 Å². The predicted molar refractivity (Wildman–Crippen MR) is 83.1 cm³/mol. The van der Waals surface area contributed by atoms with E-state index in [9.17, 15) is 4.79 Å². The number of piperidine rings is 1. The van der Waals surface area contributed by atoms with E-state index in [2.05, 4.69) is 13.8 Å². The lowest BCUT2D eigenvalue weighted by molar-refractivity contribution is -0.133. The van der Waals surface area contributed by atoms with Crippen molar-refractivity contribution >= 4 is 29.1 Å². The SMILES string of the molecule is CC1(C)CN(C(=O)Cc2ccc(Cl)c(Cl)c2)CCC1N. The molecular formula is C15H20Cl2N2O. The summed E-state index contributed by atoms with van der Waals surface area (Å²) in [6.07, 6.45) is 1.20. The Kier molecular flexibility index (Phi) is 4.62. The highest BCUT2D eigenvalue weighted by atomic mass is 35.5. The molecule has 0 aromatic heterocycles. The minimum Gasteiger partial charge on any atom is -0.342 e. The highest BCUT2D eigenvalue weighted by Gasteiger charge is 2.35. The molecule has 1 fully saturated rings. The van der Waals surface area contributed by atoms with E-state index >= 15 is 0 Å². The Morgan fingerprint density at radius 3 is 2.70 bits per heavy atom. The van der Waals surface area contributed by atoms with Crippen molar-refractivity contribution in [2.45, 2.75) is 32.7 Å². The third-order valence-electron chi connectivity index (χ3n) is 4.00. The number of rotatable bonds is 2. The zero-order valence-corrected chi connectivity index (χ0v) is 13.3. The van der Waals surface area contributed by atoms with Gasteiger partial charge in [-0.15, -0.1) is 0 Å². The molecule has 5 heteroatoms. The molecule has 0 saturated carbocycles. The molecule has 0 bridgehead atoms. The van der Waals surface area contributed by atoms with Gasteiger partial charge in [0.2, 0.25) is 5.91 Å². The summed E-state index contributed by atoms with van der Waals surface area (Å²) < 4.78 is 0. The number of likely N-dealkylation sites (tertiary alicyclic amines) is 1. The van der Waals surface area contributed by atoms with Gasteiger partial charge in [0.05, 0.1) is 16.5 Å². The lowest BCUT2D eigenvalue weighted by atomic mass is 9.79. The molecule has 1 amide bonds. The van der Waals surface area contributed by atoms with Crippen molar-refractivity contribution in [3.63, 3.8) is 0 Å². The van der Waals surface area contributed by atoms with Crippen molar-refractivity contribution in [3.8, 4) is 0 Å². The number of nitrogens with zero attached hydrogens (tertiary/aromatic N) is 1. The summed E-state index contributed by atoms with van der Waals surface area (Å²) in [5, 5.41) is 0.992. The fourth-order valence-corrected chi connectivity index (χ4v) is 2.84. The third-order valence-corrected chi connectivity index (χ3v) is 4.74. The van der Waals surface area contributed by atoms with Crippen LogP contribution in [0.25, 0.3) is 0 Å². The number of benzene rings is 1. The van der Waals surface area contributed by atoms with Crippen LogP contribution in [0.15, 0.2) is 18.2 Å². The summed E-state index contributed by atoms with van der Waals surface area (Å²) in [5.41, 5.74) is 6.94. The van der Waals surface area contributed by atoms with Crippen LogP contribution >= 0.6 is 23.2 Å². The van der Waals surface area contributed by atoms with Gasteiger partial charge in [-0.1, -0.05) is 43.1 Å². The van der Waals surface area contributed by atoms with Crippen LogP contribution in [-0.2, 0) is 11.2 Å². The minimum absolute atomic E-state index is 0.0362. The summed E-state index contributed by atoms with van der Waals surface area (Å²) in [6.45, 7) is 5.64. The molecule has 20 heavy (non-hydrogen) atoms. The first-order valence-corrected chi connectivity index (χ1v) is 7.52. The first kappa shape index (κ1) is 15.6. The summed E-state index contributed by atoms with van der Waals surface area (Å²) in [5.74, 6) is 0.114. The average Bonchev–Trinajstić information content (AvgIpc) is 2.37. The first-order chi connectivity index (χ1) is 9.29. The van der Waals surface area contributed by atoms with Crippen LogP contribution in [0.1, 0.15) is 25.8 Å². The van der Waals surface area contributed by atoms with Crippen LogP contribution in [0, 0.1) is 5.41 Å². The number of amides is 1. The van der Waals surface area contributed by atoms with Crippen molar-refractivity contribution in [3.05, 3.63) is 33.8 Å². The van der Waals surface area contributed by atoms with Crippen LogP contribution < -0.4 is 5.73 Å². The molecule has 110 valence electrons. The van der Waals surface area contributed by atoms with E-state index < -0.39 is 0 Å². The average molecular weight is 315 g/mol. The molecule has 2 N–H and O–H groups in total. The number of nitrogens with two attached hydrogens (primary N) is 1. The van der Waals surface area contributed by atoms with Gasteiger partial charge in [-0.05, 0) is 29.5 Å². The summed E-state index contributed by atoms with van der Waals surface area (Å²) >= 11 is 11.9. The van der Waals surface area contributed by atoms with E-state index in [4.69, 9.17) is 28.9 Å². The molecule has 1 aliphatic heterocycles. The van der Waals surface area contributed by atoms with E-state index in [1.807, 2.05) is 11.0 Å². The van der Waals surface area contributed by atoms with Crippen LogP contribution in [0.3, 0.4) is 0 Å². The number of carbonyl (C=O) groups is 1. The normalized spacial score (nSPS) is 21.9. The molecule has 1 heterocycles. The highest BCUT2D eigenvalue weighted by molar-refractivity contribution is 6.42. The maximum Gasteiger partial charge on any atom is 0.227 e. The second kappa shape index (κ2) is 5.92. The second-order valence-electron chi connectivity index (χ2n) is 6.12. The standard InChI is InChI=1S/C15H20Cl2N2O/c1-15(2)9-19(6-5-13(15)18)14(20)8-10-3-4-11(16)12(17)7-10/h3-4,7,13H,5-6,8-9,18H2,1-2H3. The van der Waals surface area contributed by atoms with Gasteiger partial charge in [-0.2, -0.15) is 0 Å². The second-order valence-corrected chi connectivity index (χ2v) is 6.94. The minimum atomic E-state index is -0.0362. The van der Waals surface area contributed by atoms with E-state index in [0.717, 1.165) is 18.5 Å². The van der Waals surface area contributed by atoms with E-state index in [-0.39, 0.29) is 17.4 Å². The Morgan fingerprint density at radius 2 is 2.10 bits per heavy atom. The van der Waals surface area contributed by atoms with Gasteiger partial charge in [-0.3, -0.25) is 4.79 Å². The molecule has 1 unspecified atom stereocenters. The number of hydrogen-bond acceptors (Lipinski definition) is 2. The molecule has 1 saturated heterocycles. The van der Waals surface area contributed by atoms with E-state index in [0.29, 0.717) is 23.0 Å². The third kappa shape index (κ3) is 3.46. The van der Waals surface area contributed by atoms with Gasteiger partial charge in [0.15, 0.2) is 0 Å². The molecule has 1 aromatic carbocycles. The van der Waals surface area contributed by atoms with E-state index in [1.165, 1.54) is 0 Å². The maximum absolute atomic E-state index is 12.4. The van der Waals surface area contributed by atoms with Crippen molar-refractivity contribution < 1.29 is 4.79 Å². The molecule has 0 radical (unpaired) electrons. The van der Waals surface area contributed by atoms with Gasteiger partial charge in [0.1, 0.15) is 0 Å². The van der Waals surface area contributed by atoms with Crippen molar-refractivity contribution in [1.29, 1.82) is 0 Å². The van der Waals surface area contributed by atoms with Crippen molar-refractivity contribution in [2.24, 2.45) is 11.1 Å². The smallest absolute Gasteiger partial charge is 0.227 e. The Labute approximate surface area is 130 Å². The largest absolute Gasteiger partial charge is 0.342 e. The maximum atomic E-state index is 12.4. The molecule has 1 aliphatic rings. The molecule has 0 spiro atoms. The van der Waals surface area contributed by atoms with Gasteiger partial charge in [-0.25, -0.2) is 0 Å². The topological polar surface area (TPSA) is 46.3 Å². The Bertz CT molecular complexity index is 517. The molecule has 0 aliphatic carbocycles. The van der Waals surface area contributed by atoms with Crippen LogP contribution in [-0.4, -0.2) is 29.9 Å². The molecule has 1 aromatic rings. The van der Waals surface area contributed by atoms with Crippen molar-refractivity contribution in [2.75, 3.05) is 13.1 Å². The molecule has 1 atom stereocenters. The van der Waals surface area contributed by atoms with Crippen LogP contribution in [0.4, 0.5) is 0 Å². The van der Waals surface area contributed by atoms with Crippen LogP contribution in [0.2, 0.25) is 10.0 Å². The number of carbonyl (C=O) groups excluding carboxylic acids is 1. The van der Waals surface area contributed by atoms with Crippen molar-refractivity contribution in [1.82, 2.24) is 4.90 Å². The summed E-state index contributed by atoms with van der Waals surface area (Å²) in [6, 6.07) is 5.47. The lowest BCUT2D eigenvalue weighted by Gasteiger charge is -2.42. The number of hydrogen-bond donors (Lipinski definition) is 1. The van der Waals surface area contributed by atoms with Gasteiger partial charge >= 0.3 is 0 Å². The molecule has 3 nitrogen and oxygen atoms in total. The monoisotopic (exact) mass is 314 g/mol. The summed E-state index contributed by atoms with van der Waals surface area (Å²) in [7, 11) is 0. The van der Waals surface area contributed by atoms with Gasteiger partial charge < -0.3 is 10.6 Å². The van der Waals surface area contributed by atoms with Gasteiger partial charge in [0.25, 0.3) is 0 Å². The fourth-order valence-electron chi connectivity index (χ4n) is 2.52. The first-order valence-electron chi connectivity index (χ1n) is 6.77. The zero-order valence-electron chi connectivity index (χ0n) is 11.8. The predicted octanol–water partition coefficient (Wildman–Crippen LogP) is 3.12.